The molecule has 0 saturated heterocycles. The van der Waals surface area contributed by atoms with Crippen molar-refractivity contribution in [1.82, 2.24) is 5.32 Å². The number of benzene rings is 2. The second-order valence-electron chi connectivity index (χ2n) is 5.23. The molecule has 0 radical (unpaired) electrons. The van der Waals surface area contributed by atoms with Gasteiger partial charge in [-0.1, -0.05) is 18.2 Å². The Morgan fingerprint density at radius 2 is 1.80 bits per heavy atom. The molecule has 0 unspecified atom stereocenters. The molecule has 2 aromatic carbocycles. The zero-order chi connectivity index (χ0) is 18.4. The van der Waals surface area contributed by atoms with E-state index < -0.39 is 11.9 Å². The molecule has 0 atom stereocenters. The van der Waals surface area contributed by atoms with E-state index in [2.05, 4.69) is 38.0 Å². The molecule has 2 aromatic rings. The van der Waals surface area contributed by atoms with E-state index in [-0.39, 0.29) is 12.5 Å². The molecule has 130 valence electrons. The third-order valence-corrected chi connectivity index (χ3v) is 4.87. The number of anilines is 1. The third-order valence-electron chi connectivity index (χ3n) is 3.44. The van der Waals surface area contributed by atoms with E-state index in [1.54, 1.807) is 30.3 Å². The molecule has 0 heterocycles. The van der Waals surface area contributed by atoms with Crippen LogP contribution in [0.4, 0.5) is 5.69 Å². The number of amides is 2. The van der Waals surface area contributed by atoms with Gasteiger partial charge in [-0.05, 0) is 59.3 Å². The molecule has 2 rings (SSSR count). The number of carbonyl (C=O) groups excluding carboxylic acids is 3. The molecule has 0 fully saturated rings. The van der Waals surface area contributed by atoms with Gasteiger partial charge in [-0.2, -0.15) is 0 Å². The Labute approximate surface area is 159 Å². The molecule has 0 aromatic heterocycles. The fourth-order valence-electron chi connectivity index (χ4n) is 2.09. The zero-order valence-electron chi connectivity index (χ0n) is 13.8. The maximum absolute atomic E-state index is 12.4. The lowest BCUT2D eigenvalue weighted by Crippen LogP contribution is -2.30. The topological polar surface area (TPSA) is 84.5 Å². The molecule has 2 N–H and O–H groups in total. The SMILES string of the molecule is COC(=O)CNC(=O)c1cccc(NC(=O)c2cccc(C)c2I)c1. The standard InChI is InChI=1S/C18H17IN2O4/c1-11-5-3-8-14(16(11)19)18(24)21-13-7-4-6-12(9-13)17(23)20-10-15(22)25-2/h3-9H,10H2,1-2H3,(H,20,23)(H,21,24). The van der Waals surface area contributed by atoms with Crippen LogP contribution in [0.25, 0.3) is 0 Å². The van der Waals surface area contributed by atoms with Crippen LogP contribution in [0.2, 0.25) is 0 Å². The minimum atomic E-state index is -0.535. The molecule has 25 heavy (non-hydrogen) atoms. The Morgan fingerprint density at radius 3 is 2.52 bits per heavy atom. The van der Waals surface area contributed by atoms with Crippen molar-refractivity contribution in [2.45, 2.75) is 6.92 Å². The first-order valence-electron chi connectivity index (χ1n) is 7.44. The number of nitrogens with one attached hydrogen (secondary N) is 2. The highest BCUT2D eigenvalue weighted by Gasteiger charge is 2.13. The number of aryl methyl sites for hydroxylation is 1. The molecule has 6 nitrogen and oxygen atoms in total. The first-order valence-corrected chi connectivity index (χ1v) is 8.51. The van der Waals surface area contributed by atoms with Gasteiger partial charge in [0.15, 0.2) is 0 Å². The first-order chi connectivity index (χ1) is 11.9. The number of halogens is 1. The van der Waals surface area contributed by atoms with Crippen molar-refractivity contribution in [2.24, 2.45) is 0 Å². The fourth-order valence-corrected chi connectivity index (χ4v) is 2.69. The van der Waals surface area contributed by atoms with Gasteiger partial charge in [-0.25, -0.2) is 0 Å². The van der Waals surface area contributed by atoms with Crippen molar-refractivity contribution in [3.63, 3.8) is 0 Å². The van der Waals surface area contributed by atoms with Gasteiger partial charge in [0.2, 0.25) is 0 Å². The van der Waals surface area contributed by atoms with Crippen LogP contribution in [0.1, 0.15) is 26.3 Å². The molecule has 2 amide bonds. The molecule has 0 spiro atoms. The van der Waals surface area contributed by atoms with Crippen molar-refractivity contribution in [1.29, 1.82) is 0 Å². The summed E-state index contributed by atoms with van der Waals surface area (Å²) in [4.78, 5) is 35.6. The van der Waals surface area contributed by atoms with Crippen LogP contribution in [-0.4, -0.2) is 31.4 Å². The average molecular weight is 452 g/mol. The van der Waals surface area contributed by atoms with Crippen molar-refractivity contribution in [3.05, 3.63) is 62.7 Å². The summed E-state index contributed by atoms with van der Waals surface area (Å²) >= 11 is 2.13. The summed E-state index contributed by atoms with van der Waals surface area (Å²) in [6, 6.07) is 12.0. The van der Waals surface area contributed by atoms with Gasteiger partial charge < -0.3 is 15.4 Å². The van der Waals surface area contributed by atoms with E-state index in [4.69, 9.17) is 0 Å². The molecule has 0 saturated carbocycles. The minimum Gasteiger partial charge on any atom is -0.468 e. The molecule has 0 aliphatic rings. The normalized spacial score (nSPS) is 10.0. The van der Waals surface area contributed by atoms with Crippen LogP contribution < -0.4 is 10.6 Å². The van der Waals surface area contributed by atoms with Gasteiger partial charge in [0, 0.05) is 14.8 Å². The number of methoxy groups -OCH3 is 1. The largest absolute Gasteiger partial charge is 0.468 e. The highest BCUT2D eigenvalue weighted by molar-refractivity contribution is 14.1. The fraction of sp³-hybridized carbons (Fsp3) is 0.167. The summed E-state index contributed by atoms with van der Waals surface area (Å²) in [5.74, 6) is -1.21. The smallest absolute Gasteiger partial charge is 0.325 e. The monoisotopic (exact) mass is 452 g/mol. The molecule has 7 heteroatoms. The molecule has 0 aliphatic heterocycles. The number of hydrogen-bond donors (Lipinski definition) is 2. The van der Waals surface area contributed by atoms with Crippen molar-refractivity contribution < 1.29 is 19.1 Å². The second-order valence-corrected chi connectivity index (χ2v) is 6.31. The first kappa shape index (κ1) is 18.9. The Bertz CT molecular complexity index is 820. The Hall–Kier alpha value is -2.42. The second kappa shape index (κ2) is 8.61. The summed E-state index contributed by atoms with van der Waals surface area (Å²) in [6.07, 6.45) is 0. The van der Waals surface area contributed by atoms with E-state index in [1.165, 1.54) is 7.11 Å². The number of ether oxygens (including phenoxy) is 1. The van der Waals surface area contributed by atoms with E-state index >= 15 is 0 Å². The van der Waals surface area contributed by atoms with E-state index in [0.717, 1.165) is 9.13 Å². The lowest BCUT2D eigenvalue weighted by molar-refractivity contribution is -0.139. The highest BCUT2D eigenvalue weighted by atomic mass is 127. The third kappa shape index (κ3) is 5.02. The maximum atomic E-state index is 12.4. The van der Waals surface area contributed by atoms with Crippen LogP contribution in [-0.2, 0) is 9.53 Å². The van der Waals surface area contributed by atoms with Crippen LogP contribution in [0.5, 0.6) is 0 Å². The number of carbonyl (C=O) groups is 3. The van der Waals surface area contributed by atoms with Crippen molar-refractivity contribution in [3.8, 4) is 0 Å². The predicted molar refractivity (Wildman–Crippen MR) is 103 cm³/mol. The number of rotatable bonds is 5. The van der Waals surface area contributed by atoms with Gasteiger partial charge in [0.25, 0.3) is 11.8 Å². The summed E-state index contributed by atoms with van der Waals surface area (Å²) in [7, 11) is 1.25. The number of esters is 1. The molecule has 0 bridgehead atoms. The van der Waals surface area contributed by atoms with Crippen LogP contribution in [0.15, 0.2) is 42.5 Å². The van der Waals surface area contributed by atoms with Gasteiger partial charge in [0.1, 0.15) is 6.54 Å². The summed E-state index contributed by atoms with van der Waals surface area (Å²) in [5.41, 5.74) is 2.42. The van der Waals surface area contributed by atoms with E-state index in [1.807, 2.05) is 19.1 Å². The zero-order valence-corrected chi connectivity index (χ0v) is 15.9. The summed E-state index contributed by atoms with van der Waals surface area (Å²) in [6.45, 7) is 1.72. The maximum Gasteiger partial charge on any atom is 0.325 e. The van der Waals surface area contributed by atoms with E-state index in [9.17, 15) is 14.4 Å². The average Bonchev–Trinajstić information content (AvgIpc) is 2.61. The predicted octanol–water partition coefficient (Wildman–Crippen LogP) is 2.75. The molecule has 0 aliphatic carbocycles. The van der Waals surface area contributed by atoms with Crippen molar-refractivity contribution in [2.75, 3.05) is 19.0 Å². The Kier molecular flexibility index (Phi) is 6.51. The van der Waals surface area contributed by atoms with Gasteiger partial charge in [-0.15, -0.1) is 0 Å². The van der Waals surface area contributed by atoms with Crippen molar-refractivity contribution >= 4 is 46.1 Å². The van der Waals surface area contributed by atoms with E-state index in [0.29, 0.717) is 16.8 Å². The minimum absolute atomic E-state index is 0.215. The van der Waals surface area contributed by atoms with Gasteiger partial charge in [-0.3, -0.25) is 14.4 Å². The summed E-state index contributed by atoms with van der Waals surface area (Å²) in [5, 5.41) is 5.23. The highest BCUT2D eigenvalue weighted by Crippen LogP contribution is 2.19. The lowest BCUT2D eigenvalue weighted by atomic mass is 10.1. The Morgan fingerprint density at radius 1 is 1.08 bits per heavy atom. The summed E-state index contributed by atoms with van der Waals surface area (Å²) < 4.78 is 5.35. The molecular weight excluding hydrogens is 435 g/mol. The quantitative estimate of drug-likeness (QED) is 0.540. The lowest BCUT2D eigenvalue weighted by Gasteiger charge is -2.10. The van der Waals surface area contributed by atoms with Crippen LogP contribution in [0, 0.1) is 10.5 Å². The van der Waals surface area contributed by atoms with Crippen LogP contribution >= 0.6 is 22.6 Å². The van der Waals surface area contributed by atoms with Crippen LogP contribution in [0.3, 0.4) is 0 Å². The van der Waals surface area contributed by atoms with Gasteiger partial charge in [0.05, 0.1) is 12.7 Å². The van der Waals surface area contributed by atoms with Gasteiger partial charge >= 0.3 is 5.97 Å². The Balaban J connectivity index is 2.11. The number of hydrogen-bond acceptors (Lipinski definition) is 4. The molecular formula is C18H17IN2O4.